The van der Waals surface area contributed by atoms with Gasteiger partial charge in [0, 0.05) is 26.4 Å². The Morgan fingerprint density at radius 3 is 1.67 bits per heavy atom. The molecule has 0 N–H and O–H groups in total. The SMILES string of the molecule is Cc1ccc(P(c2ccc(C)cc2)c2nccn2-c2c(F)c(F)cc(F)c2F)cc1. The minimum Gasteiger partial charge on any atom is -0.294 e. The Hall–Kier alpha value is -2.98. The number of hydrogen-bond donors (Lipinski definition) is 0. The molecule has 152 valence electrons. The average molecular weight is 428 g/mol. The molecular weight excluding hydrogens is 411 g/mol. The summed E-state index contributed by atoms with van der Waals surface area (Å²) in [5.41, 5.74) is 1.61. The van der Waals surface area contributed by atoms with Gasteiger partial charge in [-0.05, 0) is 24.5 Å². The molecule has 7 heteroatoms. The van der Waals surface area contributed by atoms with Crippen molar-refractivity contribution >= 4 is 24.1 Å². The molecule has 0 aliphatic carbocycles. The molecule has 0 fully saturated rings. The van der Waals surface area contributed by atoms with Gasteiger partial charge >= 0.3 is 0 Å². The van der Waals surface area contributed by atoms with Crippen molar-refractivity contribution in [2.24, 2.45) is 0 Å². The van der Waals surface area contributed by atoms with Gasteiger partial charge in [0.25, 0.3) is 0 Å². The van der Waals surface area contributed by atoms with Crippen LogP contribution in [0.2, 0.25) is 0 Å². The third-order valence-electron chi connectivity index (χ3n) is 4.74. The van der Waals surface area contributed by atoms with E-state index in [1.807, 2.05) is 62.4 Å². The summed E-state index contributed by atoms with van der Waals surface area (Å²) in [6, 6.07) is 15.7. The molecule has 2 nitrogen and oxygen atoms in total. The summed E-state index contributed by atoms with van der Waals surface area (Å²) in [5, 5.41) is 1.79. The first-order valence-corrected chi connectivity index (χ1v) is 10.5. The second kappa shape index (κ2) is 8.04. The van der Waals surface area contributed by atoms with Crippen molar-refractivity contribution in [2.45, 2.75) is 13.8 Å². The summed E-state index contributed by atoms with van der Waals surface area (Å²) < 4.78 is 57.9. The van der Waals surface area contributed by atoms with E-state index in [1.54, 1.807) is 0 Å². The largest absolute Gasteiger partial charge is 0.294 e. The van der Waals surface area contributed by atoms with Crippen molar-refractivity contribution in [2.75, 3.05) is 0 Å². The van der Waals surface area contributed by atoms with Gasteiger partial charge in [0.15, 0.2) is 23.3 Å². The summed E-state index contributed by atoms with van der Waals surface area (Å²) in [5.74, 6) is -5.84. The lowest BCUT2D eigenvalue weighted by Gasteiger charge is -2.21. The highest BCUT2D eigenvalue weighted by atomic mass is 31.1. The number of hydrogen-bond acceptors (Lipinski definition) is 1. The van der Waals surface area contributed by atoms with E-state index in [2.05, 4.69) is 4.98 Å². The molecule has 0 saturated carbocycles. The van der Waals surface area contributed by atoms with E-state index in [9.17, 15) is 17.6 Å². The highest BCUT2D eigenvalue weighted by Crippen LogP contribution is 2.34. The summed E-state index contributed by atoms with van der Waals surface area (Å²) in [4.78, 5) is 4.35. The zero-order chi connectivity index (χ0) is 21.4. The lowest BCUT2D eigenvalue weighted by molar-refractivity contribution is 0.448. The fourth-order valence-corrected chi connectivity index (χ4v) is 5.39. The van der Waals surface area contributed by atoms with Crippen LogP contribution in [-0.2, 0) is 0 Å². The lowest BCUT2D eigenvalue weighted by Crippen LogP contribution is -2.28. The number of aryl methyl sites for hydroxylation is 2. The smallest absolute Gasteiger partial charge is 0.186 e. The number of rotatable bonds is 4. The molecule has 0 spiro atoms. The van der Waals surface area contributed by atoms with E-state index in [0.717, 1.165) is 26.3 Å². The van der Waals surface area contributed by atoms with Crippen LogP contribution in [0, 0.1) is 37.1 Å². The van der Waals surface area contributed by atoms with Crippen LogP contribution in [0.15, 0.2) is 67.0 Å². The predicted octanol–water partition coefficient (Wildman–Crippen LogP) is 4.80. The first kappa shape index (κ1) is 20.3. The third kappa shape index (κ3) is 3.63. The minimum absolute atomic E-state index is 0.202. The Balaban J connectivity index is 1.96. The molecule has 0 aliphatic heterocycles. The molecule has 30 heavy (non-hydrogen) atoms. The number of nitrogens with zero attached hydrogens (tertiary/aromatic N) is 2. The van der Waals surface area contributed by atoms with E-state index >= 15 is 0 Å². The highest BCUT2D eigenvalue weighted by Gasteiger charge is 2.27. The van der Waals surface area contributed by atoms with Crippen molar-refractivity contribution in [1.29, 1.82) is 0 Å². The van der Waals surface area contributed by atoms with E-state index in [-0.39, 0.29) is 6.07 Å². The molecule has 0 amide bonds. The van der Waals surface area contributed by atoms with Crippen molar-refractivity contribution in [3.63, 3.8) is 0 Å². The highest BCUT2D eigenvalue weighted by molar-refractivity contribution is 7.79. The van der Waals surface area contributed by atoms with Gasteiger partial charge in [0.2, 0.25) is 0 Å². The summed E-state index contributed by atoms with van der Waals surface area (Å²) in [6.07, 6.45) is 2.68. The maximum absolute atomic E-state index is 14.5. The standard InChI is InChI=1S/C23H17F4N2P/c1-14-3-7-16(8-4-14)30(17-9-5-15(2)6-10-17)23-28-11-12-29(23)22-20(26)18(24)13-19(25)21(22)27/h3-13H,1-2H3. The zero-order valence-corrected chi connectivity index (χ0v) is 17.1. The minimum atomic E-state index is -1.46. The van der Waals surface area contributed by atoms with Gasteiger partial charge in [-0.2, -0.15) is 0 Å². The van der Waals surface area contributed by atoms with Gasteiger partial charge in [0.1, 0.15) is 11.3 Å². The molecule has 4 aromatic rings. The second-order valence-electron chi connectivity index (χ2n) is 6.92. The van der Waals surface area contributed by atoms with Crippen LogP contribution >= 0.6 is 7.92 Å². The average Bonchev–Trinajstić information content (AvgIpc) is 3.19. The van der Waals surface area contributed by atoms with E-state index in [0.29, 0.717) is 5.57 Å². The fourth-order valence-electron chi connectivity index (χ4n) is 3.18. The van der Waals surface area contributed by atoms with Crippen LogP contribution < -0.4 is 16.2 Å². The molecule has 1 aromatic heterocycles. The Bertz CT molecular complexity index is 1130. The molecular formula is C23H17F4N2P. The van der Waals surface area contributed by atoms with Gasteiger partial charge < -0.3 is 0 Å². The first-order valence-electron chi connectivity index (χ1n) is 9.17. The molecule has 0 unspecified atom stereocenters. The van der Waals surface area contributed by atoms with E-state index in [4.69, 9.17) is 0 Å². The number of benzene rings is 3. The van der Waals surface area contributed by atoms with Gasteiger partial charge in [-0.3, -0.25) is 4.57 Å². The molecule has 0 bridgehead atoms. The maximum atomic E-state index is 14.5. The van der Waals surface area contributed by atoms with Crippen molar-refractivity contribution in [3.8, 4) is 5.69 Å². The molecule has 4 rings (SSSR count). The van der Waals surface area contributed by atoms with Gasteiger partial charge in [-0.25, -0.2) is 22.5 Å². The molecule has 0 radical (unpaired) electrons. The predicted molar refractivity (Wildman–Crippen MR) is 112 cm³/mol. The fraction of sp³-hybridized carbons (Fsp3) is 0.0870. The van der Waals surface area contributed by atoms with Gasteiger partial charge in [0.05, 0.1) is 0 Å². The van der Waals surface area contributed by atoms with Crippen LogP contribution in [-0.4, -0.2) is 9.55 Å². The van der Waals surface area contributed by atoms with Crippen molar-refractivity contribution in [1.82, 2.24) is 9.55 Å². The molecule has 0 saturated heterocycles. The van der Waals surface area contributed by atoms with Crippen LogP contribution in [0.1, 0.15) is 11.1 Å². The molecule has 3 aromatic carbocycles. The Morgan fingerprint density at radius 2 is 1.20 bits per heavy atom. The van der Waals surface area contributed by atoms with Crippen LogP contribution in [0.3, 0.4) is 0 Å². The molecule has 0 aliphatic rings. The van der Waals surface area contributed by atoms with Crippen LogP contribution in [0.4, 0.5) is 17.6 Å². The van der Waals surface area contributed by atoms with Gasteiger partial charge in [-0.15, -0.1) is 0 Å². The van der Waals surface area contributed by atoms with Gasteiger partial charge in [-0.1, -0.05) is 59.7 Å². The molecule has 0 atom stereocenters. The zero-order valence-electron chi connectivity index (χ0n) is 16.2. The monoisotopic (exact) mass is 428 g/mol. The van der Waals surface area contributed by atoms with Crippen LogP contribution in [0.25, 0.3) is 5.69 Å². The summed E-state index contributed by atoms with van der Waals surface area (Å²) in [7, 11) is -1.35. The normalized spacial score (nSPS) is 11.3. The summed E-state index contributed by atoms with van der Waals surface area (Å²) >= 11 is 0. The number of halogens is 4. The number of aromatic nitrogens is 2. The Labute approximate surface area is 172 Å². The van der Waals surface area contributed by atoms with Crippen molar-refractivity contribution in [3.05, 3.63) is 101 Å². The van der Waals surface area contributed by atoms with Crippen LogP contribution in [0.5, 0.6) is 0 Å². The Morgan fingerprint density at radius 1 is 0.733 bits per heavy atom. The van der Waals surface area contributed by atoms with E-state index in [1.165, 1.54) is 12.4 Å². The lowest BCUT2D eigenvalue weighted by atomic mass is 10.2. The maximum Gasteiger partial charge on any atom is 0.186 e. The second-order valence-corrected chi connectivity index (χ2v) is 9.02. The third-order valence-corrected chi connectivity index (χ3v) is 7.10. The quantitative estimate of drug-likeness (QED) is 0.259. The number of imidazole rings is 1. The topological polar surface area (TPSA) is 17.8 Å². The Kier molecular flexibility index (Phi) is 5.44. The van der Waals surface area contributed by atoms with E-state index < -0.39 is 36.9 Å². The van der Waals surface area contributed by atoms with Crippen molar-refractivity contribution < 1.29 is 17.6 Å². The summed E-state index contributed by atoms with van der Waals surface area (Å²) in [6.45, 7) is 3.91. The molecule has 1 heterocycles. The first-order chi connectivity index (χ1) is 14.4.